The van der Waals surface area contributed by atoms with E-state index in [0.717, 1.165) is 28.4 Å². The number of aromatic nitrogens is 1. The third-order valence-electron chi connectivity index (χ3n) is 4.47. The minimum Gasteiger partial charge on any atom is -0.486 e. The zero-order chi connectivity index (χ0) is 19.3. The molecule has 2 aromatic carbocycles. The molecule has 1 amide bonds. The van der Waals surface area contributed by atoms with Crippen molar-refractivity contribution in [2.24, 2.45) is 0 Å². The Bertz CT molecular complexity index is 959. The van der Waals surface area contributed by atoms with Crippen molar-refractivity contribution < 1.29 is 14.3 Å². The second-order valence-electron chi connectivity index (χ2n) is 6.52. The van der Waals surface area contributed by atoms with Gasteiger partial charge in [0.2, 0.25) is 0 Å². The number of rotatable bonds is 5. The highest BCUT2D eigenvalue weighted by molar-refractivity contribution is 5.92. The summed E-state index contributed by atoms with van der Waals surface area (Å²) < 4.78 is 11.1. The van der Waals surface area contributed by atoms with Gasteiger partial charge in [-0.05, 0) is 36.8 Å². The predicted molar refractivity (Wildman–Crippen MR) is 107 cm³/mol. The van der Waals surface area contributed by atoms with E-state index in [-0.39, 0.29) is 11.9 Å². The summed E-state index contributed by atoms with van der Waals surface area (Å²) in [7, 11) is 0. The summed E-state index contributed by atoms with van der Waals surface area (Å²) in [5.41, 5.74) is 3.06. The number of hydrogen-bond donors (Lipinski definition) is 2. The fourth-order valence-electron chi connectivity index (χ4n) is 2.99. The zero-order valence-corrected chi connectivity index (χ0v) is 15.5. The maximum atomic E-state index is 12.4. The maximum absolute atomic E-state index is 12.4. The number of carbonyl (C=O) groups is 1. The van der Waals surface area contributed by atoms with Crippen molar-refractivity contribution in [2.75, 3.05) is 18.5 Å². The van der Waals surface area contributed by atoms with E-state index in [1.165, 1.54) is 0 Å². The van der Waals surface area contributed by atoms with E-state index >= 15 is 0 Å². The monoisotopic (exact) mass is 375 g/mol. The Labute approximate surface area is 163 Å². The van der Waals surface area contributed by atoms with E-state index in [9.17, 15) is 4.79 Å². The van der Waals surface area contributed by atoms with Gasteiger partial charge in [-0.25, -0.2) is 4.98 Å². The minimum absolute atomic E-state index is 0.0917. The van der Waals surface area contributed by atoms with Gasteiger partial charge in [-0.2, -0.15) is 0 Å². The van der Waals surface area contributed by atoms with Crippen LogP contribution in [0.5, 0.6) is 11.5 Å². The summed E-state index contributed by atoms with van der Waals surface area (Å²) in [6, 6.07) is 18.9. The van der Waals surface area contributed by atoms with Gasteiger partial charge in [0.25, 0.3) is 5.91 Å². The minimum atomic E-state index is -0.206. The van der Waals surface area contributed by atoms with E-state index in [1.54, 1.807) is 12.3 Å². The summed E-state index contributed by atoms with van der Waals surface area (Å²) in [5.74, 6) is 1.26. The number of ether oxygens (including phenoxy) is 2. The van der Waals surface area contributed by atoms with Crippen LogP contribution in [0.4, 0.5) is 11.4 Å². The molecule has 2 heterocycles. The van der Waals surface area contributed by atoms with Crippen LogP contribution in [0.2, 0.25) is 0 Å². The number of pyridine rings is 1. The highest BCUT2D eigenvalue weighted by atomic mass is 16.6. The van der Waals surface area contributed by atoms with E-state index in [1.807, 2.05) is 61.5 Å². The number of nitrogens with zero attached hydrogens (tertiary/aromatic N) is 1. The molecule has 6 nitrogen and oxygen atoms in total. The first-order valence-electron chi connectivity index (χ1n) is 9.17. The second-order valence-corrected chi connectivity index (χ2v) is 6.52. The molecule has 1 unspecified atom stereocenters. The molecule has 1 aromatic heterocycles. The first kappa shape index (κ1) is 17.9. The van der Waals surface area contributed by atoms with Crippen molar-refractivity contribution in [3.8, 4) is 11.5 Å². The van der Waals surface area contributed by atoms with Crippen LogP contribution in [0.15, 0.2) is 66.9 Å². The standard InChI is InChI=1S/C22H21N3O3/c1-15(16-5-3-2-4-6-16)24-22(26)19-9-7-18(14-23-19)25-17-8-10-20-21(13-17)28-12-11-27-20/h2-10,13-15,25H,11-12H2,1H3,(H,24,26). The molecule has 0 aliphatic carbocycles. The van der Waals surface area contributed by atoms with E-state index in [4.69, 9.17) is 9.47 Å². The molecule has 0 saturated carbocycles. The molecule has 3 aromatic rings. The van der Waals surface area contributed by atoms with Gasteiger partial charge in [-0.15, -0.1) is 0 Å². The Morgan fingerprint density at radius 3 is 2.46 bits per heavy atom. The van der Waals surface area contributed by atoms with Crippen LogP contribution < -0.4 is 20.1 Å². The van der Waals surface area contributed by atoms with Crippen molar-refractivity contribution in [1.29, 1.82) is 0 Å². The van der Waals surface area contributed by atoms with Gasteiger partial charge < -0.3 is 20.1 Å². The fourth-order valence-corrected chi connectivity index (χ4v) is 2.99. The molecule has 6 heteroatoms. The largest absolute Gasteiger partial charge is 0.486 e. The van der Waals surface area contributed by atoms with Crippen molar-refractivity contribution >= 4 is 17.3 Å². The van der Waals surface area contributed by atoms with Crippen LogP contribution in [-0.2, 0) is 0 Å². The number of fused-ring (bicyclic) bond motifs is 1. The third-order valence-corrected chi connectivity index (χ3v) is 4.47. The summed E-state index contributed by atoms with van der Waals surface area (Å²) in [6.45, 7) is 3.06. The molecular weight excluding hydrogens is 354 g/mol. The van der Waals surface area contributed by atoms with Crippen LogP contribution in [-0.4, -0.2) is 24.1 Å². The fraction of sp³-hybridized carbons (Fsp3) is 0.182. The quantitative estimate of drug-likeness (QED) is 0.703. The first-order chi connectivity index (χ1) is 13.7. The Kier molecular flexibility index (Phi) is 5.10. The SMILES string of the molecule is CC(NC(=O)c1ccc(Nc2ccc3c(c2)OCCO3)cn1)c1ccccc1. The Balaban J connectivity index is 1.40. The molecule has 0 fully saturated rings. The molecule has 0 saturated heterocycles. The molecule has 0 spiro atoms. The van der Waals surface area contributed by atoms with E-state index in [2.05, 4.69) is 15.6 Å². The molecule has 4 rings (SSSR count). The summed E-state index contributed by atoms with van der Waals surface area (Å²) in [5, 5.41) is 6.22. The number of carbonyl (C=O) groups excluding carboxylic acids is 1. The number of hydrogen-bond acceptors (Lipinski definition) is 5. The third kappa shape index (κ3) is 4.06. The summed E-state index contributed by atoms with van der Waals surface area (Å²) >= 11 is 0. The molecule has 2 N–H and O–H groups in total. The molecule has 0 bridgehead atoms. The molecule has 0 radical (unpaired) electrons. The van der Waals surface area contributed by atoms with Gasteiger partial charge in [0.15, 0.2) is 11.5 Å². The van der Waals surface area contributed by atoms with Crippen molar-refractivity contribution in [3.63, 3.8) is 0 Å². The zero-order valence-electron chi connectivity index (χ0n) is 15.5. The highest BCUT2D eigenvalue weighted by Gasteiger charge is 2.14. The lowest BCUT2D eigenvalue weighted by Crippen LogP contribution is -2.27. The van der Waals surface area contributed by atoms with Crippen LogP contribution >= 0.6 is 0 Å². The lowest BCUT2D eigenvalue weighted by atomic mass is 10.1. The summed E-state index contributed by atoms with van der Waals surface area (Å²) in [4.78, 5) is 16.7. The molecule has 142 valence electrons. The molecule has 28 heavy (non-hydrogen) atoms. The van der Waals surface area contributed by atoms with Crippen LogP contribution in [0, 0.1) is 0 Å². The van der Waals surface area contributed by atoms with Gasteiger partial charge in [-0.3, -0.25) is 4.79 Å². The molecular formula is C22H21N3O3. The highest BCUT2D eigenvalue weighted by Crippen LogP contribution is 2.33. The lowest BCUT2D eigenvalue weighted by molar-refractivity contribution is 0.0935. The first-order valence-corrected chi connectivity index (χ1v) is 9.17. The smallest absolute Gasteiger partial charge is 0.270 e. The van der Waals surface area contributed by atoms with Gasteiger partial charge in [0.1, 0.15) is 18.9 Å². The predicted octanol–water partition coefficient (Wildman–Crippen LogP) is 4.09. The van der Waals surface area contributed by atoms with Gasteiger partial charge in [0.05, 0.1) is 17.9 Å². The van der Waals surface area contributed by atoms with Gasteiger partial charge in [-0.1, -0.05) is 30.3 Å². The molecule has 1 atom stereocenters. The molecule has 1 aliphatic rings. The number of anilines is 2. The molecule has 1 aliphatic heterocycles. The maximum Gasteiger partial charge on any atom is 0.270 e. The van der Waals surface area contributed by atoms with E-state index < -0.39 is 0 Å². The number of nitrogens with one attached hydrogen (secondary N) is 2. The van der Waals surface area contributed by atoms with Crippen LogP contribution in [0.3, 0.4) is 0 Å². The topological polar surface area (TPSA) is 72.5 Å². The number of benzene rings is 2. The number of amides is 1. The average Bonchev–Trinajstić information content (AvgIpc) is 2.75. The van der Waals surface area contributed by atoms with Crippen LogP contribution in [0.1, 0.15) is 29.0 Å². The van der Waals surface area contributed by atoms with Crippen molar-refractivity contribution in [3.05, 3.63) is 78.1 Å². The normalized spacial score (nSPS) is 13.5. The van der Waals surface area contributed by atoms with E-state index in [0.29, 0.717) is 18.9 Å². The van der Waals surface area contributed by atoms with Gasteiger partial charge in [0, 0.05) is 11.8 Å². The Hall–Kier alpha value is -3.54. The summed E-state index contributed by atoms with van der Waals surface area (Å²) in [6.07, 6.45) is 1.64. The van der Waals surface area contributed by atoms with Crippen molar-refractivity contribution in [2.45, 2.75) is 13.0 Å². The van der Waals surface area contributed by atoms with Crippen molar-refractivity contribution in [1.82, 2.24) is 10.3 Å². The Morgan fingerprint density at radius 1 is 0.964 bits per heavy atom. The second kappa shape index (κ2) is 8.00. The lowest BCUT2D eigenvalue weighted by Gasteiger charge is -2.19. The van der Waals surface area contributed by atoms with Crippen LogP contribution in [0.25, 0.3) is 0 Å². The van der Waals surface area contributed by atoms with Gasteiger partial charge >= 0.3 is 0 Å². The Morgan fingerprint density at radius 2 is 1.71 bits per heavy atom. The average molecular weight is 375 g/mol.